The van der Waals surface area contributed by atoms with Gasteiger partial charge in [0.15, 0.2) is 0 Å². The van der Waals surface area contributed by atoms with Gasteiger partial charge in [0.1, 0.15) is 5.82 Å². The first-order valence-corrected chi connectivity index (χ1v) is 10.6. The SMILES string of the molecule is CC(C)(C)CNC(Cc1ccccc1)(c1cc(F)cc(C(F)(F)F)c1)c1ccc(Cl)cn1. The number of alkyl halides is 3. The number of rotatable bonds is 6. The van der Waals surface area contributed by atoms with Crippen LogP contribution in [0.25, 0.3) is 0 Å². The predicted octanol–water partition coefficient (Wildman–Crippen LogP) is 7.01. The molecule has 0 aliphatic heterocycles. The normalized spacial score (nSPS) is 14.2. The Morgan fingerprint density at radius 2 is 1.56 bits per heavy atom. The molecule has 0 bridgehead atoms. The Kier molecular flexibility index (Phi) is 6.96. The number of hydrogen-bond acceptors (Lipinski definition) is 2. The van der Waals surface area contributed by atoms with Crippen molar-refractivity contribution in [3.63, 3.8) is 0 Å². The van der Waals surface area contributed by atoms with Crippen LogP contribution in [0.3, 0.4) is 0 Å². The summed E-state index contributed by atoms with van der Waals surface area (Å²) in [5.74, 6) is -0.959. The molecule has 1 aromatic heterocycles. The molecule has 0 radical (unpaired) electrons. The zero-order valence-electron chi connectivity index (χ0n) is 18.1. The molecule has 0 saturated carbocycles. The van der Waals surface area contributed by atoms with Crippen LogP contribution in [0.4, 0.5) is 17.6 Å². The number of nitrogens with zero attached hydrogens (tertiary/aromatic N) is 1. The fraction of sp³-hybridized carbons (Fsp3) is 0.320. The average Bonchev–Trinajstić information content (AvgIpc) is 2.71. The fourth-order valence-corrected chi connectivity index (χ4v) is 3.65. The van der Waals surface area contributed by atoms with Crippen LogP contribution in [-0.2, 0) is 18.1 Å². The van der Waals surface area contributed by atoms with E-state index in [-0.39, 0.29) is 17.4 Å². The van der Waals surface area contributed by atoms with Gasteiger partial charge in [0.25, 0.3) is 0 Å². The molecule has 3 aromatic rings. The fourth-order valence-electron chi connectivity index (χ4n) is 3.54. The van der Waals surface area contributed by atoms with E-state index in [4.69, 9.17) is 11.6 Å². The molecular formula is C25H25ClF4N2. The highest BCUT2D eigenvalue weighted by atomic mass is 35.5. The van der Waals surface area contributed by atoms with Crippen LogP contribution in [0.1, 0.15) is 43.2 Å². The lowest BCUT2D eigenvalue weighted by Gasteiger charge is -2.38. The molecule has 3 rings (SSSR count). The lowest BCUT2D eigenvalue weighted by Crippen LogP contribution is -2.49. The Morgan fingerprint density at radius 3 is 2.12 bits per heavy atom. The van der Waals surface area contributed by atoms with E-state index < -0.39 is 23.1 Å². The number of halogens is 5. The zero-order chi connectivity index (χ0) is 23.6. The molecule has 1 unspecified atom stereocenters. The molecule has 0 spiro atoms. The van der Waals surface area contributed by atoms with E-state index in [1.54, 1.807) is 12.1 Å². The predicted molar refractivity (Wildman–Crippen MR) is 119 cm³/mol. The third-order valence-corrected chi connectivity index (χ3v) is 5.34. The molecule has 0 aliphatic carbocycles. The summed E-state index contributed by atoms with van der Waals surface area (Å²) in [5, 5.41) is 3.84. The van der Waals surface area contributed by atoms with Gasteiger partial charge < -0.3 is 5.32 Å². The summed E-state index contributed by atoms with van der Waals surface area (Å²) in [5.41, 5.74) is -1.00. The van der Waals surface area contributed by atoms with Crippen LogP contribution in [0, 0.1) is 11.2 Å². The molecule has 0 fully saturated rings. The van der Waals surface area contributed by atoms with Crippen molar-refractivity contribution in [1.82, 2.24) is 10.3 Å². The lowest BCUT2D eigenvalue weighted by atomic mass is 9.78. The molecule has 7 heteroatoms. The van der Waals surface area contributed by atoms with Gasteiger partial charge in [-0.05, 0) is 46.9 Å². The van der Waals surface area contributed by atoms with Crippen molar-refractivity contribution in [3.05, 3.63) is 100 Å². The number of aromatic nitrogens is 1. The van der Waals surface area contributed by atoms with Crippen LogP contribution in [-0.4, -0.2) is 11.5 Å². The lowest BCUT2D eigenvalue weighted by molar-refractivity contribution is -0.137. The highest BCUT2D eigenvalue weighted by Gasteiger charge is 2.40. The maximum atomic E-state index is 14.5. The average molecular weight is 465 g/mol. The van der Waals surface area contributed by atoms with Gasteiger partial charge in [0, 0.05) is 19.2 Å². The summed E-state index contributed by atoms with van der Waals surface area (Å²) in [4.78, 5) is 4.45. The molecule has 32 heavy (non-hydrogen) atoms. The Morgan fingerprint density at radius 1 is 0.906 bits per heavy atom. The van der Waals surface area contributed by atoms with Crippen LogP contribution >= 0.6 is 11.6 Å². The van der Waals surface area contributed by atoms with E-state index in [9.17, 15) is 17.6 Å². The number of nitrogens with one attached hydrogen (secondary N) is 1. The van der Waals surface area contributed by atoms with Gasteiger partial charge in [-0.15, -0.1) is 0 Å². The first-order valence-electron chi connectivity index (χ1n) is 10.2. The van der Waals surface area contributed by atoms with E-state index in [2.05, 4.69) is 10.3 Å². The van der Waals surface area contributed by atoms with Crippen molar-refractivity contribution in [3.8, 4) is 0 Å². The minimum absolute atomic E-state index is 0.146. The third-order valence-electron chi connectivity index (χ3n) is 5.12. The van der Waals surface area contributed by atoms with E-state index in [0.29, 0.717) is 23.3 Å². The molecule has 0 saturated heterocycles. The molecule has 0 amide bonds. The van der Waals surface area contributed by atoms with Gasteiger partial charge >= 0.3 is 6.18 Å². The van der Waals surface area contributed by atoms with Crippen molar-refractivity contribution in [2.24, 2.45) is 5.41 Å². The smallest absolute Gasteiger partial charge is 0.302 e. The Bertz CT molecular complexity index is 1040. The van der Waals surface area contributed by atoms with Crippen LogP contribution in [0.15, 0.2) is 66.9 Å². The van der Waals surface area contributed by atoms with Crippen molar-refractivity contribution >= 4 is 11.6 Å². The highest BCUT2D eigenvalue weighted by molar-refractivity contribution is 6.30. The number of pyridine rings is 1. The van der Waals surface area contributed by atoms with E-state index in [1.165, 1.54) is 6.20 Å². The van der Waals surface area contributed by atoms with Gasteiger partial charge in [-0.2, -0.15) is 13.2 Å². The summed E-state index contributed by atoms with van der Waals surface area (Å²) in [6.07, 6.45) is -2.98. The maximum absolute atomic E-state index is 14.5. The molecule has 0 aliphatic rings. The van der Waals surface area contributed by atoms with Gasteiger partial charge in [0.05, 0.1) is 21.8 Å². The molecule has 2 nitrogen and oxygen atoms in total. The number of benzene rings is 2. The first-order chi connectivity index (χ1) is 14.9. The molecular weight excluding hydrogens is 440 g/mol. The van der Waals surface area contributed by atoms with Gasteiger partial charge in [-0.3, -0.25) is 4.98 Å². The summed E-state index contributed by atoms with van der Waals surface area (Å²) in [7, 11) is 0. The molecule has 1 atom stereocenters. The second kappa shape index (κ2) is 9.20. The zero-order valence-corrected chi connectivity index (χ0v) is 18.9. The molecule has 2 aromatic carbocycles. The largest absolute Gasteiger partial charge is 0.416 e. The first kappa shape index (κ1) is 24.2. The number of hydrogen-bond donors (Lipinski definition) is 1. The van der Waals surface area contributed by atoms with Crippen molar-refractivity contribution < 1.29 is 17.6 Å². The van der Waals surface area contributed by atoms with Crippen molar-refractivity contribution in [2.75, 3.05) is 6.54 Å². The summed E-state index contributed by atoms with van der Waals surface area (Å²) < 4.78 is 55.2. The second-order valence-electron chi connectivity index (χ2n) is 9.07. The van der Waals surface area contributed by atoms with Gasteiger partial charge in [-0.1, -0.05) is 62.7 Å². The Labute approximate surface area is 190 Å². The highest BCUT2D eigenvalue weighted by Crippen LogP contribution is 2.38. The van der Waals surface area contributed by atoms with Crippen LogP contribution in [0.5, 0.6) is 0 Å². The molecule has 1 heterocycles. The summed E-state index contributed by atoms with van der Waals surface area (Å²) in [6, 6.07) is 15.3. The van der Waals surface area contributed by atoms with Gasteiger partial charge in [0.2, 0.25) is 0 Å². The second-order valence-corrected chi connectivity index (χ2v) is 9.51. The maximum Gasteiger partial charge on any atom is 0.416 e. The minimum Gasteiger partial charge on any atom is -0.302 e. The minimum atomic E-state index is -4.69. The van der Waals surface area contributed by atoms with Gasteiger partial charge in [-0.25, -0.2) is 4.39 Å². The third kappa shape index (κ3) is 5.87. The van der Waals surface area contributed by atoms with E-state index in [1.807, 2.05) is 51.1 Å². The summed E-state index contributed by atoms with van der Waals surface area (Å²) >= 11 is 6.04. The van der Waals surface area contributed by atoms with E-state index >= 15 is 0 Å². The summed E-state index contributed by atoms with van der Waals surface area (Å²) in [6.45, 7) is 6.47. The van der Waals surface area contributed by atoms with Crippen molar-refractivity contribution in [1.29, 1.82) is 0 Å². The Balaban J connectivity index is 2.28. The molecule has 170 valence electrons. The van der Waals surface area contributed by atoms with Crippen LogP contribution in [0.2, 0.25) is 5.02 Å². The topological polar surface area (TPSA) is 24.9 Å². The van der Waals surface area contributed by atoms with E-state index in [0.717, 1.165) is 17.7 Å². The molecule has 1 N–H and O–H groups in total. The monoisotopic (exact) mass is 464 g/mol. The van der Waals surface area contributed by atoms with Crippen LogP contribution < -0.4 is 5.32 Å². The van der Waals surface area contributed by atoms with Crippen molar-refractivity contribution in [2.45, 2.75) is 38.9 Å². The standard InChI is InChI=1S/C25H25ClF4N2/c1-23(2,3)16-32-24(14-17-7-5-4-6-8-17,22-10-9-20(26)15-31-22)18-11-19(25(28,29)30)13-21(27)12-18/h4-13,15,32H,14,16H2,1-3H3. The quantitative estimate of drug-likeness (QED) is 0.397. The Hall–Kier alpha value is -2.44.